The third-order valence-corrected chi connectivity index (χ3v) is 5.36. The monoisotopic (exact) mass is 407 g/mol. The first-order chi connectivity index (χ1) is 14.0. The van der Waals surface area contributed by atoms with Gasteiger partial charge in [-0.25, -0.2) is 0 Å². The van der Waals surface area contributed by atoms with Crippen LogP contribution in [0.1, 0.15) is 90.5 Å². The molecule has 0 atom stereocenters. The molecule has 1 aromatic carbocycles. The van der Waals surface area contributed by atoms with Gasteiger partial charge >= 0.3 is 0 Å². The van der Waals surface area contributed by atoms with Gasteiger partial charge in [0.05, 0.1) is 19.6 Å². The zero-order valence-electron chi connectivity index (χ0n) is 19.2. The SMILES string of the molecule is CCCC[N+](CCCC)(CCCC)Cc1ccccc1.O=C([O-])CCCCCO. The molecule has 0 bridgehead atoms. The van der Waals surface area contributed by atoms with Gasteiger partial charge < -0.3 is 19.5 Å². The zero-order chi connectivity index (χ0) is 21.8. The first-order valence-electron chi connectivity index (χ1n) is 11.7. The molecule has 0 spiro atoms. The Hall–Kier alpha value is -1.39. The Balaban J connectivity index is 0.000000734. The summed E-state index contributed by atoms with van der Waals surface area (Å²) < 4.78 is 1.31. The molecule has 0 aliphatic rings. The highest BCUT2D eigenvalue weighted by molar-refractivity contribution is 5.64. The summed E-state index contributed by atoms with van der Waals surface area (Å²) in [5.74, 6) is -1.01. The molecule has 0 aliphatic heterocycles. The molecule has 4 heteroatoms. The lowest BCUT2D eigenvalue weighted by molar-refractivity contribution is -0.941. The molecule has 1 N–H and O–H groups in total. The molecule has 0 saturated heterocycles. The van der Waals surface area contributed by atoms with Crippen molar-refractivity contribution in [2.24, 2.45) is 0 Å². The molecular weight excluding hydrogens is 362 g/mol. The van der Waals surface area contributed by atoms with Crippen molar-refractivity contribution in [3.8, 4) is 0 Å². The second-order valence-electron chi connectivity index (χ2n) is 8.12. The summed E-state index contributed by atoms with van der Waals surface area (Å²) in [4.78, 5) is 9.79. The topological polar surface area (TPSA) is 60.4 Å². The molecular formula is C25H45NO3. The number of aliphatic hydroxyl groups is 1. The first kappa shape index (κ1) is 27.6. The van der Waals surface area contributed by atoms with Crippen LogP contribution in [-0.2, 0) is 11.3 Å². The highest BCUT2D eigenvalue weighted by atomic mass is 16.4. The molecule has 4 nitrogen and oxygen atoms in total. The molecule has 168 valence electrons. The first-order valence-corrected chi connectivity index (χ1v) is 11.7. The standard InChI is InChI=1S/C19H34N.C6H12O3/c1-4-7-15-20(16-8-5-2,17-9-6-3)18-19-13-11-10-12-14-19;7-5-3-1-2-4-6(8)9/h10-14H,4-9,15-18H2,1-3H3;7H,1-5H2,(H,8,9)/q+1;/p-1. The Morgan fingerprint density at radius 2 is 1.34 bits per heavy atom. The fourth-order valence-electron chi connectivity index (χ4n) is 3.58. The predicted molar refractivity (Wildman–Crippen MR) is 120 cm³/mol. The van der Waals surface area contributed by atoms with Gasteiger partial charge in [-0.3, -0.25) is 0 Å². The van der Waals surface area contributed by atoms with Crippen LogP contribution in [0.15, 0.2) is 30.3 Å². The van der Waals surface area contributed by atoms with E-state index < -0.39 is 5.97 Å². The smallest absolute Gasteiger partial charge is 0.104 e. The molecule has 0 saturated carbocycles. The fourth-order valence-corrected chi connectivity index (χ4v) is 3.58. The quantitative estimate of drug-likeness (QED) is 0.319. The van der Waals surface area contributed by atoms with Gasteiger partial charge in [0.2, 0.25) is 0 Å². The van der Waals surface area contributed by atoms with E-state index in [2.05, 4.69) is 51.1 Å². The average Bonchev–Trinajstić information content (AvgIpc) is 2.73. The largest absolute Gasteiger partial charge is 0.550 e. The van der Waals surface area contributed by atoms with Crippen molar-refractivity contribution in [2.75, 3.05) is 26.2 Å². The van der Waals surface area contributed by atoms with Gasteiger partial charge in [0.1, 0.15) is 6.54 Å². The number of rotatable bonds is 16. The van der Waals surface area contributed by atoms with Gasteiger partial charge in [0.15, 0.2) is 0 Å². The summed E-state index contributed by atoms with van der Waals surface area (Å²) in [5.41, 5.74) is 1.51. The molecule has 0 aliphatic carbocycles. The van der Waals surface area contributed by atoms with E-state index in [1.165, 1.54) is 74.8 Å². The summed E-state index contributed by atoms with van der Waals surface area (Å²) in [7, 11) is 0. The molecule has 0 radical (unpaired) electrons. The van der Waals surface area contributed by atoms with Gasteiger partial charge in [-0.05, 0) is 38.5 Å². The minimum absolute atomic E-state index is 0.111. The highest BCUT2D eigenvalue weighted by Crippen LogP contribution is 2.19. The maximum absolute atomic E-state index is 9.79. The van der Waals surface area contributed by atoms with Crippen LogP contribution in [0.3, 0.4) is 0 Å². The van der Waals surface area contributed by atoms with Crippen molar-refractivity contribution in [3.05, 3.63) is 35.9 Å². The number of aliphatic hydroxyl groups excluding tert-OH is 1. The molecule has 29 heavy (non-hydrogen) atoms. The van der Waals surface area contributed by atoms with Crippen molar-refractivity contribution in [1.82, 2.24) is 0 Å². The lowest BCUT2D eigenvalue weighted by Gasteiger charge is -2.39. The molecule has 0 heterocycles. The van der Waals surface area contributed by atoms with Crippen LogP contribution >= 0.6 is 0 Å². The van der Waals surface area contributed by atoms with Gasteiger partial charge in [-0.15, -0.1) is 0 Å². The number of aliphatic carboxylic acids is 1. The zero-order valence-corrected chi connectivity index (χ0v) is 19.2. The second kappa shape index (κ2) is 18.6. The number of carboxylic acid groups (broad SMARTS) is 1. The fraction of sp³-hybridized carbons (Fsp3) is 0.720. The van der Waals surface area contributed by atoms with E-state index in [0.29, 0.717) is 12.8 Å². The Morgan fingerprint density at radius 1 is 0.828 bits per heavy atom. The van der Waals surface area contributed by atoms with E-state index >= 15 is 0 Å². The van der Waals surface area contributed by atoms with Crippen molar-refractivity contribution < 1.29 is 19.5 Å². The van der Waals surface area contributed by atoms with Crippen LogP contribution in [-0.4, -0.2) is 41.8 Å². The Kier molecular flexibility index (Phi) is 17.7. The average molecular weight is 408 g/mol. The van der Waals surface area contributed by atoms with Gasteiger partial charge in [0, 0.05) is 18.1 Å². The molecule has 0 fully saturated rings. The van der Waals surface area contributed by atoms with Crippen LogP contribution in [0.2, 0.25) is 0 Å². The summed E-state index contributed by atoms with van der Waals surface area (Å²) >= 11 is 0. The van der Waals surface area contributed by atoms with E-state index in [1.54, 1.807) is 0 Å². The Morgan fingerprint density at radius 3 is 1.76 bits per heavy atom. The highest BCUT2D eigenvalue weighted by Gasteiger charge is 2.25. The number of quaternary nitrogens is 1. The lowest BCUT2D eigenvalue weighted by Crippen LogP contribution is -2.49. The summed E-state index contributed by atoms with van der Waals surface area (Å²) in [6, 6.07) is 11.1. The number of hydrogen-bond acceptors (Lipinski definition) is 3. The molecule has 0 aromatic heterocycles. The summed E-state index contributed by atoms with van der Waals surface area (Å²) in [6.45, 7) is 12.4. The van der Waals surface area contributed by atoms with E-state index in [-0.39, 0.29) is 13.0 Å². The van der Waals surface area contributed by atoms with Crippen LogP contribution in [0, 0.1) is 0 Å². The van der Waals surface area contributed by atoms with Crippen molar-refractivity contribution in [3.63, 3.8) is 0 Å². The maximum atomic E-state index is 9.79. The number of unbranched alkanes of at least 4 members (excludes halogenated alkanes) is 5. The van der Waals surface area contributed by atoms with Crippen molar-refractivity contribution in [1.29, 1.82) is 0 Å². The molecule has 1 aromatic rings. The minimum Gasteiger partial charge on any atom is -0.550 e. The minimum atomic E-state index is -1.01. The van der Waals surface area contributed by atoms with Crippen LogP contribution in [0.5, 0.6) is 0 Å². The molecule has 1 rings (SSSR count). The maximum Gasteiger partial charge on any atom is 0.104 e. The predicted octanol–water partition coefficient (Wildman–Crippen LogP) is 4.69. The number of carboxylic acids is 1. The summed E-state index contributed by atoms with van der Waals surface area (Å²) in [6.07, 6.45) is 10.2. The lowest BCUT2D eigenvalue weighted by atomic mass is 10.1. The molecule has 0 unspecified atom stereocenters. The van der Waals surface area contributed by atoms with Gasteiger partial charge in [0.25, 0.3) is 0 Å². The number of carbonyl (C=O) groups is 1. The van der Waals surface area contributed by atoms with Crippen molar-refractivity contribution in [2.45, 2.75) is 91.5 Å². The summed E-state index contributed by atoms with van der Waals surface area (Å²) in [5, 5.41) is 18.1. The van der Waals surface area contributed by atoms with Crippen LogP contribution in [0.25, 0.3) is 0 Å². The van der Waals surface area contributed by atoms with E-state index in [0.717, 1.165) is 6.42 Å². The van der Waals surface area contributed by atoms with Crippen molar-refractivity contribution >= 4 is 5.97 Å². The Bertz CT molecular complexity index is 468. The number of benzene rings is 1. The molecule has 0 amide bonds. The van der Waals surface area contributed by atoms with E-state index in [9.17, 15) is 9.90 Å². The van der Waals surface area contributed by atoms with E-state index in [4.69, 9.17) is 5.11 Å². The Labute approximate surface area is 179 Å². The van der Waals surface area contributed by atoms with Crippen LogP contribution < -0.4 is 5.11 Å². The second-order valence-corrected chi connectivity index (χ2v) is 8.12. The normalized spacial score (nSPS) is 11.0. The number of carbonyl (C=O) groups excluding carboxylic acids is 1. The van der Waals surface area contributed by atoms with Gasteiger partial charge in [-0.1, -0.05) is 76.8 Å². The van der Waals surface area contributed by atoms with Gasteiger partial charge in [-0.2, -0.15) is 0 Å². The number of hydrogen-bond donors (Lipinski definition) is 1. The van der Waals surface area contributed by atoms with E-state index in [1.807, 2.05) is 0 Å². The third-order valence-electron chi connectivity index (χ3n) is 5.36. The number of nitrogens with zero attached hydrogens (tertiary/aromatic N) is 1. The van der Waals surface area contributed by atoms with Crippen LogP contribution in [0.4, 0.5) is 0 Å². The third kappa shape index (κ3) is 15.2.